The lowest BCUT2D eigenvalue weighted by Gasteiger charge is -1.99. The van der Waals surface area contributed by atoms with Gasteiger partial charge in [0.1, 0.15) is 11.6 Å². The van der Waals surface area contributed by atoms with E-state index in [0.717, 1.165) is 11.2 Å². The van der Waals surface area contributed by atoms with Crippen molar-refractivity contribution in [2.24, 2.45) is 7.05 Å². The molecule has 0 saturated carbocycles. The van der Waals surface area contributed by atoms with E-state index in [2.05, 4.69) is 11.1 Å². The van der Waals surface area contributed by atoms with Crippen molar-refractivity contribution in [2.75, 3.05) is 7.11 Å². The van der Waals surface area contributed by atoms with Crippen LogP contribution in [0.15, 0.2) is 12.1 Å². The summed E-state index contributed by atoms with van der Waals surface area (Å²) in [5.74, 6) is 0.532. The topological polar surface area (TPSA) is 50.8 Å². The van der Waals surface area contributed by atoms with Crippen molar-refractivity contribution in [1.82, 2.24) is 9.55 Å². The van der Waals surface area contributed by atoms with Gasteiger partial charge in [0.25, 0.3) is 0 Å². The monoisotopic (exact) mass is 201 g/mol. The molecule has 15 heavy (non-hydrogen) atoms. The molecule has 2 aromatic heterocycles. The second-order valence-electron chi connectivity index (χ2n) is 3.35. The highest BCUT2D eigenvalue weighted by Gasteiger charge is 2.13. The van der Waals surface area contributed by atoms with E-state index >= 15 is 0 Å². The first-order valence-corrected chi connectivity index (χ1v) is 4.59. The van der Waals surface area contributed by atoms with Crippen molar-refractivity contribution < 1.29 is 4.74 Å². The zero-order chi connectivity index (χ0) is 11.0. The molecule has 0 bridgehead atoms. The van der Waals surface area contributed by atoms with Crippen LogP contribution in [0.1, 0.15) is 11.3 Å². The van der Waals surface area contributed by atoms with Gasteiger partial charge in [-0.15, -0.1) is 0 Å². The number of aryl methyl sites for hydroxylation is 1. The smallest absolute Gasteiger partial charge is 0.213 e. The Hall–Kier alpha value is -2.02. The number of fused-ring (bicyclic) bond motifs is 1. The van der Waals surface area contributed by atoms with E-state index in [4.69, 9.17) is 10.00 Å². The summed E-state index contributed by atoms with van der Waals surface area (Å²) in [6.45, 7) is 1.91. The number of rotatable bonds is 1. The standard InChI is InChI=1S/C11H11N3O/c1-7-8(6-12)11-9(14(7)2)4-5-10(13-11)15-3/h4-5H,1-3H3. The summed E-state index contributed by atoms with van der Waals surface area (Å²) in [6.07, 6.45) is 0. The number of pyridine rings is 1. The van der Waals surface area contributed by atoms with Gasteiger partial charge in [0.2, 0.25) is 5.88 Å². The molecule has 76 valence electrons. The highest BCUT2D eigenvalue weighted by atomic mass is 16.5. The fourth-order valence-corrected chi connectivity index (χ4v) is 1.66. The lowest BCUT2D eigenvalue weighted by Crippen LogP contribution is -1.91. The van der Waals surface area contributed by atoms with E-state index in [1.54, 1.807) is 13.2 Å². The third-order valence-corrected chi connectivity index (χ3v) is 2.63. The van der Waals surface area contributed by atoms with Gasteiger partial charge in [0, 0.05) is 18.8 Å². The maximum absolute atomic E-state index is 9.05. The average Bonchev–Trinajstić information content (AvgIpc) is 2.51. The Bertz CT molecular complexity index is 563. The van der Waals surface area contributed by atoms with Gasteiger partial charge >= 0.3 is 0 Å². The van der Waals surface area contributed by atoms with Crippen molar-refractivity contribution in [3.05, 3.63) is 23.4 Å². The summed E-state index contributed by atoms with van der Waals surface area (Å²) in [6, 6.07) is 5.88. The molecule has 0 aliphatic carbocycles. The molecule has 0 spiro atoms. The van der Waals surface area contributed by atoms with Gasteiger partial charge in [-0.1, -0.05) is 0 Å². The number of ether oxygens (including phenoxy) is 1. The predicted octanol–water partition coefficient (Wildman–Crippen LogP) is 1.76. The predicted molar refractivity (Wildman–Crippen MR) is 56.7 cm³/mol. The van der Waals surface area contributed by atoms with Gasteiger partial charge in [-0.3, -0.25) is 0 Å². The molecule has 0 radical (unpaired) electrons. The number of hydrogen-bond donors (Lipinski definition) is 0. The molecule has 0 unspecified atom stereocenters. The number of nitriles is 1. The Labute approximate surface area is 87.7 Å². The third-order valence-electron chi connectivity index (χ3n) is 2.63. The Morgan fingerprint density at radius 2 is 2.20 bits per heavy atom. The lowest BCUT2D eigenvalue weighted by molar-refractivity contribution is 0.399. The summed E-state index contributed by atoms with van der Waals surface area (Å²) >= 11 is 0. The van der Waals surface area contributed by atoms with Crippen molar-refractivity contribution >= 4 is 11.0 Å². The Morgan fingerprint density at radius 3 is 2.80 bits per heavy atom. The Balaban J connectivity index is 2.87. The minimum absolute atomic E-state index is 0.532. The second-order valence-corrected chi connectivity index (χ2v) is 3.35. The largest absolute Gasteiger partial charge is 0.481 e. The van der Waals surface area contributed by atoms with Gasteiger partial charge in [-0.25, -0.2) is 4.98 Å². The molecule has 0 aliphatic rings. The zero-order valence-electron chi connectivity index (χ0n) is 8.90. The molecular formula is C11H11N3O. The number of nitrogens with zero attached hydrogens (tertiary/aromatic N) is 3. The van der Waals surface area contributed by atoms with E-state index in [1.807, 2.05) is 24.6 Å². The van der Waals surface area contributed by atoms with Crippen LogP contribution in [-0.2, 0) is 7.05 Å². The molecule has 0 aliphatic heterocycles. The minimum atomic E-state index is 0.532. The summed E-state index contributed by atoms with van der Waals surface area (Å²) in [5.41, 5.74) is 3.20. The van der Waals surface area contributed by atoms with Crippen LogP contribution < -0.4 is 4.74 Å². The first-order chi connectivity index (χ1) is 7.19. The fraction of sp³-hybridized carbons (Fsp3) is 0.273. The van der Waals surface area contributed by atoms with Crippen molar-refractivity contribution in [2.45, 2.75) is 6.92 Å². The van der Waals surface area contributed by atoms with Crippen molar-refractivity contribution in [3.63, 3.8) is 0 Å². The maximum atomic E-state index is 9.05. The van der Waals surface area contributed by atoms with Crippen LogP contribution in [0.25, 0.3) is 11.0 Å². The van der Waals surface area contributed by atoms with E-state index in [9.17, 15) is 0 Å². The lowest BCUT2D eigenvalue weighted by atomic mass is 10.2. The van der Waals surface area contributed by atoms with Crippen LogP contribution in [0.2, 0.25) is 0 Å². The van der Waals surface area contributed by atoms with Gasteiger partial charge in [0.05, 0.1) is 18.2 Å². The van der Waals surface area contributed by atoms with Crippen LogP contribution in [0.4, 0.5) is 0 Å². The van der Waals surface area contributed by atoms with E-state index < -0.39 is 0 Å². The summed E-state index contributed by atoms with van der Waals surface area (Å²) in [4.78, 5) is 4.28. The SMILES string of the molecule is COc1ccc2c(n1)c(C#N)c(C)n2C. The Morgan fingerprint density at radius 1 is 1.47 bits per heavy atom. The maximum Gasteiger partial charge on any atom is 0.213 e. The van der Waals surface area contributed by atoms with Crippen LogP contribution >= 0.6 is 0 Å². The average molecular weight is 201 g/mol. The molecule has 0 fully saturated rings. The molecule has 2 aromatic rings. The van der Waals surface area contributed by atoms with Gasteiger partial charge in [-0.05, 0) is 13.0 Å². The Kier molecular flexibility index (Phi) is 2.09. The van der Waals surface area contributed by atoms with E-state index in [0.29, 0.717) is 17.0 Å². The molecular weight excluding hydrogens is 190 g/mol. The minimum Gasteiger partial charge on any atom is -0.481 e. The molecule has 2 heterocycles. The van der Waals surface area contributed by atoms with Crippen molar-refractivity contribution in [3.8, 4) is 11.9 Å². The molecule has 4 heteroatoms. The normalized spacial score (nSPS) is 10.3. The highest BCUT2D eigenvalue weighted by molar-refractivity contribution is 5.84. The molecule has 0 atom stereocenters. The summed E-state index contributed by atoms with van der Waals surface area (Å²) in [5, 5.41) is 9.05. The second kappa shape index (κ2) is 3.28. The molecule has 4 nitrogen and oxygen atoms in total. The zero-order valence-corrected chi connectivity index (χ0v) is 8.90. The quantitative estimate of drug-likeness (QED) is 0.706. The number of aromatic nitrogens is 2. The summed E-state index contributed by atoms with van der Waals surface area (Å²) in [7, 11) is 3.49. The van der Waals surface area contributed by atoms with Gasteiger partial charge < -0.3 is 9.30 Å². The number of methoxy groups -OCH3 is 1. The fourth-order valence-electron chi connectivity index (χ4n) is 1.66. The van der Waals surface area contributed by atoms with E-state index in [-0.39, 0.29) is 0 Å². The number of hydrogen-bond acceptors (Lipinski definition) is 3. The molecule has 2 rings (SSSR count). The molecule has 0 saturated heterocycles. The molecule has 0 N–H and O–H groups in total. The first kappa shape index (κ1) is 9.53. The molecule has 0 amide bonds. The van der Waals surface area contributed by atoms with Crippen LogP contribution in [0, 0.1) is 18.3 Å². The van der Waals surface area contributed by atoms with Crippen LogP contribution in [0.5, 0.6) is 5.88 Å². The highest BCUT2D eigenvalue weighted by Crippen LogP contribution is 2.24. The molecule has 0 aromatic carbocycles. The van der Waals surface area contributed by atoms with Crippen molar-refractivity contribution in [1.29, 1.82) is 5.26 Å². The third kappa shape index (κ3) is 1.24. The first-order valence-electron chi connectivity index (χ1n) is 4.59. The van der Waals surface area contributed by atoms with Gasteiger partial charge in [0.15, 0.2) is 0 Å². The van der Waals surface area contributed by atoms with Crippen LogP contribution in [0.3, 0.4) is 0 Å². The van der Waals surface area contributed by atoms with E-state index in [1.165, 1.54) is 0 Å². The van der Waals surface area contributed by atoms with Gasteiger partial charge in [-0.2, -0.15) is 5.26 Å². The van der Waals surface area contributed by atoms with Crippen LogP contribution in [-0.4, -0.2) is 16.7 Å². The summed E-state index contributed by atoms with van der Waals surface area (Å²) < 4.78 is 7.00.